The van der Waals surface area contributed by atoms with E-state index in [0.717, 1.165) is 12.1 Å². The first-order chi connectivity index (χ1) is 7.13. The Balaban J connectivity index is 2.77. The van der Waals surface area contributed by atoms with Crippen molar-refractivity contribution < 1.29 is 4.79 Å². The SMILES string of the molecule is CCc1cc(C(=O)NN=C(N)N)ccn1. The largest absolute Gasteiger partial charge is 0.369 e. The Morgan fingerprint density at radius 3 is 2.93 bits per heavy atom. The number of hydrazone groups is 1. The van der Waals surface area contributed by atoms with E-state index >= 15 is 0 Å². The maximum Gasteiger partial charge on any atom is 0.271 e. The Morgan fingerprint density at radius 2 is 2.33 bits per heavy atom. The van der Waals surface area contributed by atoms with E-state index in [1.54, 1.807) is 18.3 Å². The second-order valence-electron chi connectivity index (χ2n) is 2.87. The van der Waals surface area contributed by atoms with Crippen molar-refractivity contribution in [1.82, 2.24) is 10.4 Å². The molecule has 0 aromatic carbocycles. The van der Waals surface area contributed by atoms with Gasteiger partial charge < -0.3 is 11.5 Å². The Labute approximate surface area is 87.4 Å². The van der Waals surface area contributed by atoms with Crippen molar-refractivity contribution in [1.29, 1.82) is 0 Å². The quantitative estimate of drug-likeness (QED) is 0.355. The van der Waals surface area contributed by atoms with Gasteiger partial charge in [-0.1, -0.05) is 6.92 Å². The van der Waals surface area contributed by atoms with Gasteiger partial charge in [0.25, 0.3) is 5.91 Å². The highest BCUT2D eigenvalue weighted by atomic mass is 16.2. The summed E-state index contributed by atoms with van der Waals surface area (Å²) in [5, 5.41) is 3.41. The molecular formula is C9H13N5O. The number of nitrogens with zero attached hydrogens (tertiary/aromatic N) is 2. The van der Waals surface area contributed by atoms with E-state index in [-0.39, 0.29) is 11.9 Å². The molecule has 0 aliphatic carbocycles. The number of nitrogens with one attached hydrogen (secondary N) is 1. The number of rotatable bonds is 3. The summed E-state index contributed by atoms with van der Waals surface area (Å²) in [5.74, 6) is -0.548. The molecule has 0 saturated heterocycles. The van der Waals surface area contributed by atoms with Gasteiger partial charge in [-0.3, -0.25) is 9.78 Å². The molecule has 1 aromatic heterocycles. The summed E-state index contributed by atoms with van der Waals surface area (Å²) < 4.78 is 0. The lowest BCUT2D eigenvalue weighted by molar-refractivity contribution is 0.0954. The number of amides is 1. The highest BCUT2D eigenvalue weighted by Gasteiger charge is 2.04. The van der Waals surface area contributed by atoms with Gasteiger partial charge in [0, 0.05) is 17.5 Å². The maximum absolute atomic E-state index is 11.5. The van der Waals surface area contributed by atoms with E-state index in [9.17, 15) is 4.79 Å². The van der Waals surface area contributed by atoms with Crippen molar-refractivity contribution in [2.75, 3.05) is 0 Å². The van der Waals surface area contributed by atoms with Gasteiger partial charge in [-0.2, -0.15) is 0 Å². The molecule has 0 aliphatic heterocycles. The first kappa shape index (κ1) is 11.0. The number of guanidine groups is 1. The normalized spacial score (nSPS) is 9.40. The summed E-state index contributed by atoms with van der Waals surface area (Å²) >= 11 is 0. The van der Waals surface area contributed by atoms with Crippen LogP contribution in [0.3, 0.4) is 0 Å². The van der Waals surface area contributed by atoms with Gasteiger partial charge in [0.15, 0.2) is 0 Å². The Morgan fingerprint density at radius 1 is 1.60 bits per heavy atom. The lowest BCUT2D eigenvalue weighted by atomic mass is 10.2. The lowest BCUT2D eigenvalue weighted by Gasteiger charge is -2.01. The third-order valence-electron chi connectivity index (χ3n) is 1.73. The predicted octanol–water partition coefficient (Wildman–Crippen LogP) is -0.438. The molecule has 0 fully saturated rings. The van der Waals surface area contributed by atoms with Crippen LogP contribution in [0.15, 0.2) is 23.4 Å². The molecular weight excluding hydrogens is 194 g/mol. The van der Waals surface area contributed by atoms with Crippen molar-refractivity contribution in [3.63, 3.8) is 0 Å². The maximum atomic E-state index is 11.5. The van der Waals surface area contributed by atoms with E-state index in [1.807, 2.05) is 6.92 Å². The van der Waals surface area contributed by atoms with E-state index in [0.29, 0.717) is 5.56 Å². The molecule has 6 heteroatoms. The summed E-state index contributed by atoms with van der Waals surface area (Å²) in [7, 11) is 0. The molecule has 1 aromatic rings. The zero-order valence-electron chi connectivity index (χ0n) is 8.40. The smallest absolute Gasteiger partial charge is 0.271 e. The summed E-state index contributed by atoms with van der Waals surface area (Å²) in [6.07, 6.45) is 2.34. The van der Waals surface area contributed by atoms with Crippen LogP contribution in [0.2, 0.25) is 0 Å². The first-order valence-electron chi connectivity index (χ1n) is 4.47. The van der Waals surface area contributed by atoms with Crippen LogP contribution >= 0.6 is 0 Å². The van der Waals surface area contributed by atoms with E-state index in [2.05, 4.69) is 15.5 Å². The molecule has 0 bridgehead atoms. The van der Waals surface area contributed by atoms with Crippen LogP contribution in [0.1, 0.15) is 23.0 Å². The Bertz CT molecular complexity index is 384. The van der Waals surface area contributed by atoms with Crippen LogP contribution in [-0.2, 0) is 6.42 Å². The van der Waals surface area contributed by atoms with E-state index in [4.69, 9.17) is 11.5 Å². The van der Waals surface area contributed by atoms with Crippen molar-refractivity contribution in [3.8, 4) is 0 Å². The Kier molecular flexibility index (Phi) is 3.61. The fraction of sp³-hybridized carbons (Fsp3) is 0.222. The third kappa shape index (κ3) is 3.26. The molecule has 0 aliphatic rings. The first-order valence-corrected chi connectivity index (χ1v) is 4.47. The Hall–Kier alpha value is -2.11. The van der Waals surface area contributed by atoms with Gasteiger partial charge in [0.1, 0.15) is 0 Å². The fourth-order valence-corrected chi connectivity index (χ4v) is 0.993. The van der Waals surface area contributed by atoms with Crippen molar-refractivity contribution in [3.05, 3.63) is 29.6 Å². The van der Waals surface area contributed by atoms with Crippen LogP contribution < -0.4 is 16.9 Å². The second kappa shape index (κ2) is 4.94. The van der Waals surface area contributed by atoms with Crippen LogP contribution in [-0.4, -0.2) is 16.9 Å². The number of hydrogen-bond acceptors (Lipinski definition) is 3. The molecule has 0 radical (unpaired) electrons. The highest BCUT2D eigenvalue weighted by molar-refractivity contribution is 5.94. The molecule has 0 spiro atoms. The number of aromatic nitrogens is 1. The topological polar surface area (TPSA) is 106 Å². The van der Waals surface area contributed by atoms with Gasteiger partial charge in [-0.05, 0) is 18.6 Å². The monoisotopic (exact) mass is 207 g/mol. The lowest BCUT2D eigenvalue weighted by Crippen LogP contribution is -2.29. The predicted molar refractivity (Wildman–Crippen MR) is 56.9 cm³/mol. The molecule has 1 amide bonds. The molecule has 80 valence electrons. The number of nitrogens with two attached hydrogens (primary N) is 2. The zero-order valence-corrected chi connectivity index (χ0v) is 8.40. The average Bonchev–Trinajstić information content (AvgIpc) is 2.26. The van der Waals surface area contributed by atoms with Gasteiger partial charge in [0.05, 0.1) is 0 Å². The average molecular weight is 207 g/mol. The summed E-state index contributed by atoms with van der Waals surface area (Å²) in [6.45, 7) is 1.96. The van der Waals surface area contributed by atoms with Crippen LogP contribution in [0, 0.1) is 0 Å². The van der Waals surface area contributed by atoms with Crippen molar-refractivity contribution in [2.45, 2.75) is 13.3 Å². The number of pyridine rings is 1. The minimum Gasteiger partial charge on any atom is -0.369 e. The van der Waals surface area contributed by atoms with Gasteiger partial charge in [0.2, 0.25) is 5.96 Å². The molecule has 1 rings (SSSR count). The van der Waals surface area contributed by atoms with Gasteiger partial charge >= 0.3 is 0 Å². The summed E-state index contributed by atoms with van der Waals surface area (Å²) in [4.78, 5) is 15.5. The van der Waals surface area contributed by atoms with Crippen LogP contribution in [0.25, 0.3) is 0 Å². The number of hydrogen-bond donors (Lipinski definition) is 3. The number of aryl methyl sites for hydroxylation is 1. The number of carbonyl (C=O) groups is 1. The molecule has 15 heavy (non-hydrogen) atoms. The molecule has 5 N–H and O–H groups in total. The molecule has 0 unspecified atom stereocenters. The van der Waals surface area contributed by atoms with Gasteiger partial charge in [-0.25, -0.2) is 5.43 Å². The minimum atomic E-state index is -0.361. The highest BCUT2D eigenvalue weighted by Crippen LogP contribution is 2.02. The van der Waals surface area contributed by atoms with E-state index < -0.39 is 0 Å². The van der Waals surface area contributed by atoms with Crippen LogP contribution in [0.4, 0.5) is 0 Å². The van der Waals surface area contributed by atoms with Crippen molar-refractivity contribution >= 4 is 11.9 Å². The fourth-order valence-electron chi connectivity index (χ4n) is 0.993. The standard InChI is InChI=1S/C9H13N5O/c1-2-7-5-6(3-4-12-7)8(15)13-14-9(10)11/h3-5H,2H2,1H3,(H,13,15)(H4,10,11,14). The summed E-state index contributed by atoms with van der Waals surface area (Å²) in [6, 6.07) is 3.29. The minimum absolute atomic E-state index is 0.187. The summed E-state index contributed by atoms with van der Waals surface area (Å²) in [5.41, 5.74) is 13.7. The second-order valence-corrected chi connectivity index (χ2v) is 2.87. The van der Waals surface area contributed by atoms with Crippen molar-refractivity contribution in [2.24, 2.45) is 16.6 Å². The molecule has 0 saturated carbocycles. The number of carbonyl (C=O) groups excluding carboxylic acids is 1. The van der Waals surface area contributed by atoms with E-state index in [1.165, 1.54) is 0 Å². The zero-order chi connectivity index (χ0) is 11.3. The third-order valence-corrected chi connectivity index (χ3v) is 1.73. The van der Waals surface area contributed by atoms with Gasteiger partial charge in [-0.15, -0.1) is 5.10 Å². The molecule has 0 atom stereocenters. The van der Waals surface area contributed by atoms with Crippen LogP contribution in [0.5, 0.6) is 0 Å². The molecule has 1 heterocycles. The molecule has 6 nitrogen and oxygen atoms in total.